The number of nitrogens with zero attached hydrogens (tertiary/aromatic N) is 4. The van der Waals surface area contributed by atoms with Crippen molar-refractivity contribution in [1.82, 2.24) is 14.9 Å². The molecule has 0 atom stereocenters. The third kappa shape index (κ3) is 3.09. The van der Waals surface area contributed by atoms with Gasteiger partial charge in [-0.3, -0.25) is 9.88 Å². The Bertz CT molecular complexity index is 451. The van der Waals surface area contributed by atoms with E-state index >= 15 is 0 Å². The van der Waals surface area contributed by atoms with Crippen LogP contribution in [0.1, 0.15) is 24.2 Å². The van der Waals surface area contributed by atoms with E-state index < -0.39 is 0 Å². The first kappa shape index (κ1) is 14.1. The predicted octanol–water partition coefficient (Wildman–Crippen LogP) is 2.11. The lowest BCUT2D eigenvalue weighted by Gasteiger charge is -2.41. The standard InChI is InChI=1S/C15H24N4S/c1-12-11-16-13(2)15(17-12)19-7-5-18(6-8-19)14-3-9-20-10-4-14/h11,14H,3-10H2,1-2H3. The molecule has 0 spiro atoms. The predicted molar refractivity (Wildman–Crippen MR) is 85.6 cm³/mol. The lowest BCUT2D eigenvalue weighted by atomic mass is 10.1. The van der Waals surface area contributed by atoms with Crippen LogP contribution < -0.4 is 4.90 Å². The summed E-state index contributed by atoms with van der Waals surface area (Å²) in [6, 6.07) is 0.822. The second-order valence-electron chi connectivity index (χ2n) is 5.79. The Morgan fingerprint density at radius 1 is 1.10 bits per heavy atom. The number of anilines is 1. The summed E-state index contributed by atoms with van der Waals surface area (Å²) in [6.45, 7) is 8.60. The van der Waals surface area contributed by atoms with E-state index in [4.69, 9.17) is 0 Å². The van der Waals surface area contributed by atoms with Crippen LogP contribution in [0, 0.1) is 13.8 Å². The molecule has 5 heteroatoms. The Kier molecular flexibility index (Phi) is 4.46. The molecular weight excluding hydrogens is 268 g/mol. The smallest absolute Gasteiger partial charge is 0.150 e. The van der Waals surface area contributed by atoms with Crippen LogP contribution in [0.15, 0.2) is 6.20 Å². The average molecular weight is 292 g/mol. The minimum Gasteiger partial charge on any atom is -0.353 e. The fourth-order valence-electron chi connectivity index (χ4n) is 3.17. The number of aryl methyl sites for hydroxylation is 2. The first-order valence-corrected chi connectivity index (χ1v) is 8.76. The highest BCUT2D eigenvalue weighted by atomic mass is 32.2. The summed E-state index contributed by atoms with van der Waals surface area (Å²) >= 11 is 2.11. The van der Waals surface area contributed by atoms with Crippen molar-refractivity contribution in [3.63, 3.8) is 0 Å². The molecule has 0 saturated carbocycles. The van der Waals surface area contributed by atoms with E-state index in [-0.39, 0.29) is 0 Å². The Balaban J connectivity index is 1.61. The van der Waals surface area contributed by atoms with Gasteiger partial charge in [0.25, 0.3) is 0 Å². The van der Waals surface area contributed by atoms with Crippen molar-refractivity contribution in [3.8, 4) is 0 Å². The van der Waals surface area contributed by atoms with Gasteiger partial charge in [0.15, 0.2) is 0 Å². The number of thioether (sulfide) groups is 1. The molecule has 2 aliphatic heterocycles. The highest BCUT2D eigenvalue weighted by Crippen LogP contribution is 2.24. The van der Waals surface area contributed by atoms with E-state index in [0.29, 0.717) is 0 Å². The van der Waals surface area contributed by atoms with Gasteiger partial charge >= 0.3 is 0 Å². The summed E-state index contributed by atoms with van der Waals surface area (Å²) in [4.78, 5) is 14.2. The molecule has 0 aromatic carbocycles. The molecule has 0 N–H and O–H groups in total. The zero-order chi connectivity index (χ0) is 13.9. The Morgan fingerprint density at radius 3 is 2.50 bits per heavy atom. The molecule has 0 radical (unpaired) electrons. The first-order valence-electron chi connectivity index (χ1n) is 7.61. The van der Waals surface area contributed by atoms with Crippen LogP contribution in [0.2, 0.25) is 0 Å². The summed E-state index contributed by atoms with van der Waals surface area (Å²) < 4.78 is 0. The Morgan fingerprint density at radius 2 is 1.80 bits per heavy atom. The third-order valence-electron chi connectivity index (χ3n) is 4.37. The third-order valence-corrected chi connectivity index (χ3v) is 5.42. The maximum absolute atomic E-state index is 4.68. The Hall–Kier alpha value is -0.810. The van der Waals surface area contributed by atoms with Gasteiger partial charge < -0.3 is 4.90 Å². The molecule has 110 valence electrons. The van der Waals surface area contributed by atoms with Gasteiger partial charge in [0.1, 0.15) is 5.82 Å². The van der Waals surface area contributed by atoms with Crippen LogP contribution in [-0.2, 0) is 0 Å². The Labute approximate surface area is 126 Å². The zero-order valence-corrected chi connectivity index (χ0v) is 13.3. The summed E-state index contributed by atoms with van der Waals surface area (Å²) in [5.41, 5.74) is 2.07. The van der Waals surface area contributed by atoms with Crippen molar-refractivity contribution >= 4 is 17.6 Å². The maximum atomic E-state index is 4.68. The summed E-state index contributed by atoms with van der Waals surface area (Å²) in [7, 11) is 0. The molecule has 1 aromatic heterocycles. The minimum absolute atomic E-state index is 0.822. The van der Waals surface area contributed by atoms with Crippen LogP contribution >= 0.6 is 11.8 Å². The fraction of sp³-hybridized carbons (Fsp3) is 0.733. The van der Waals surface area contributed by atoms with Crippen molar-refractivity contribution in [2.75, 3.05) is 42.6 Å². The number of hydrogen-bond donors (Lipinski definition) is 0. The maximum Gasteiger partial charge on any atom is 0.150 e. The lowest BCUT2D eigenvalue weighted by Crippen LogP contribution is -2.51. The van der Waals surface area contributed by atoms with E-state index in [1.165, 1.54) is 37.4 Å². The fourth-order valence-corrected chi connectivity index (χ4v) is 4.26. The van der Waals surface area contributed by atoms with Crippen molar-refractivity contribution in [3.05, 3.63) is 17.6 Å². The van der Waals surface area contributed by atoms with Gasteiger partial charge in [0.2, 0.25) is 0 Å². The molecule has 0 bridgehead atoms. The number of rotatable bonds is 2. The van der Waals surface area contributed by atoms with E-state index in [1.807, 2.05) is 13.1 Å². The van der Waals surface area contributed by atoms with Crippen molar-refractivity contribution in [2.24, 2.45) is 0 Å². The molecule has 1 aromatic rings. The second kappa shape index (κ2) is 6.31. The minimum atomic E-state index is 0.822. The topological polar surface area (TPSA) is 32.3 Å². The molecule has 0 amide bonds. The SMILES string of the molecule is Cc1cnc(C)c(N2CCN(C3CCSCC3)CC2)n1. The molecule has 0 unspecified atom stereocenters. The van der Waals surface area contributed by atoms with Crippen LogP contribution in [-0.4, -0.2) is 58.6 Å². The second-order valence-corrected chi connectivity index (χ2v) is 7.01. The average Bonchev–Trinajstić information content (AvgIpc) is 2.51. The highest BCUT2D eigenvalue weighted by Gasteiger charge is 2.26. The van der Waals surface area contributed by atoms with Gasteiger partial charge in [-0.05, 0) is 38.2 Å². The number of hydrogen-bond acceptors (Lipinski definition) is 5. The van der Waals surface area contributed by atoms with Crippen LogP contribution in [0.4, 0.5) is 5.82 Å². The van der Waals surface area contributed by atoms with E-state index in [0.717, 1.165) is 36.3 Å². The summed E-state index contributed by atoms with van der Waals surface area (Å²) in [6.07, 6.45) is 4.59. The molecule has 4 nitrogen and oxygen atoms in total. The van der Waals surface area contributed by atoms with Gasteiger partial charge in [0, 0.05) is 38.4 Å². The van der Waals surface area contributed by atoms with Gasteiger partial charge in [-0.1, -0.05) is 0 Å². The molecular formula is C15H24N4S. The van der Waals surface area contributed by atoms with Crippen molar-refractivity contribution < 1.29 is 0 Å². The molecule has 2 saturated heterocycles. The van der Waals surface area contributed by atoms with Crippen molar-refractivity contribution in [2.45, 2.75) is 32.7 Å². The molecule has 3 heterocycles. The summed E-state index contributed by atoms with van der Waals surface area (Å²) in [5.74, 6) is 3.77. The monoisotopic (exact) mass is 292 g/mol. The molecule has 0 aliphatic carbocycles. The molecule has 20 heavy (non-hydrogen) atoms. The van der Waals surface area contributed by atoms with Gasteiger partial charge in [-0.15, -0.1) is 0 Å². The van der Waals surface area contributed by atoms with Crippen LogP contribution in [0.3, 0.4) is 0 Å². The normalized spacial score (nSPS) is 22.2. The quantitative estimate of drug-likeness (QED) is 0.833. The first-order chi connectivity index (χ1) is 9.74. The van der Waals surface area contributed by atoms with Crippen molar-refractivity contribution in [1.29, 1.82) is 0 Å². The van der Waals surface area contributed by atoms with E-state index in [2.05, 4.69) is 38.5 Å². The summed E-state index contributed by atoms with van der Waals surface area (Å²) in [5, 5.41) is 0. The van der Waals surface area contributed by atoms with Gasteiger partial charge in [-0.2, -0.15) is 11.8 Å². The molecule has 2 aliphatic rings. The zero-order valence-electron chi connectivity index (χ0n) is 12.5. The van der Waals surface area contributed by atoms with E-state index in [1.54, 1.807) is 0 Å². The van der Waals surface area contributed by atoms with E-state index in [9.17, 15) is 0 Å². The molecule has 3 rings (SSSR count). The largest absolute Gasteiger partial charge is 0.353 e. The highest BCUT2D eigenvalue weighted by molar-refractivity contribution is 7.99. The van der Waals surface area contributed by atoms with Gasteiger partial charge in [-0.25, -0.2) is 4.98 Å². The van der Waals surface area contributed by atoms with Gasteiger partial charge in [0.05, 0.1) is 11.4 Å². The molecule has 2 fully saturated rings. The van der Waals surface area contributed by atoms with Crippen LogP contribution in [0.5, 0.6) is 0 Å². The van der Waals surface area contributed by atoms with Crippen LogP contribution in [0.25, 0.3) is 0 Å². The number of piperazine rings is 1. The lowest BCUT2D eigenvalue weighted by molar-refractivity contribution is 0.175. The number of aromatic nitrogens is 2.